The molecular weight excluding hydrogens is 316 g/mol. The summed E-state index contributed by atoms with van der Waals surface area (Å²) in [6.07, 6.45) is 0.665. The fourth-order valence-electron chi connectivity index (χ4n) is 1.99. The number of oxazole rings is 1. The standard InChI is InChI=1S/C15H20N4O3S/c1-10(9-21-2)16-15(23)19-18-13(20)7-8-14-17-11-5-3-4-6-12(11)22-14/h3-6,10H,7-9H2,1-2H3,(H,18,20)(H2,16,19,23)/t10-/m1/s1. The summed E-state index contributed by atoms with van der Waals surface area (Å²) in [4.78, 5) is 16.1. The fourth-order valence-corrected chi connectivity index (χ4v) is 2.24. The van der Waals surface area contributed by atoms with Crippen LogP contribution in [0.1, 0.15) is 19.2 Å². The zero-order chi connectivity index (χ0) is 16.7. The number of nitrogens with one attached hydrogen (secondary N) is 3. The van der Waals surface area contributed by atoms with E-state index in [9.17, 15) is 4.79 Å². The molecule has 8 heteroatoms. The molecule has 0 aliphatic heterocycles. The third kappa shape index (κ3) is 5.50. The van der Waals surface area contributed by atoms with Crippen LogP contribution in [0.5, 0.6) is 0 Å². The molecule has 0 saturated carbocycles. The predicted octanol–water partition coefficient (Wildman–Crippen LogP) is 1.29. The average molecular weight is 336 g/mol. The Morgan fingerprint density at radius 3 is 2.91 bits per heavy atom. The first-order valence-electron chi connectivity index (χ1n) is 7.27. The van der Waals surface area contributed by atoms with Crippen LogP contribution in [0, 0.1) is 0 Å². The van der Waals surface area contributed by atoms with Gasteiger partial charge in [-0.05, 0) is 31.3 Å². The molecule has 0 bridgehead atoms. The maximum absolute atomic E-state index is 11.8. The van der Waals surface area contributed by atoms with Gasteiger partial charge in [0.1, 0.15) is 5.52 Å². The number of carbonyl (C=O) groups is 1. The van der Waals surface area contributed by atoms with E-state index in [-0.39, 0.29) is 18.4 Å². The Labute approximate surface area is 139 Å². The number of aromatic nitrogens is 1. The Morgan fingerprint density at radius 2 is 2.17 bits per heavy atom. The molecule has 2 rings (SSSR count). The van der Waals surface area contributed by atoms with E-state index >= 15 is 0 Å². The van der Waals surface area contributed by atoms with Gasteiger partial charge in [0.2, 0.25) is 5.91 Å². The molecule has 0 unspecified atom stereocenters. The van der Waals surface area contributed by atoms with E-state index in [4.69, 9.17) is 21.4 Å². The summed E-state index contributed by atoms with van der Waals surface area (Å²) in [5.74, 6) is 0.339. The number of methoxy groups -OCH3 is 1. The van der Waals surface area contributed by atoms with E-state index < -0.39 is 0 Å². The summed E-state index contributed by atoms with van der Waals surface area (Å²) in [6, 6.07) is 7.54. The van der Waals surface area contributed by atoms with Gasteiger partial charge in [-0.3, -0.25) is 15.6 Å². The summed E-state index contributed by atoms with van der Waals surface area (Å²) in [7, 11) is 1.61. The summed E-state index contributed by atoms with van der Waals surface area (Å²) < 4.78 is 10.5. The highest BCUT2D eigenvalue weighted by atomic mass is 32.1. The van der Waals surface area contributed by atoms with E-state index in [1.54, 1.807) is 7.11 Å². The number of ether oxygens (including phenoxy) is 1. The van der Waals surface area contributed by atoms with Crippen molar-refractivity contribution in [2.24, 2.45) is 0 Å². The lowest BCUT2D eigenvalue weighted by Crippen LogP contribution is -2.50. The van der Waals surface area contributed by atoms with Gasteiger partial charge in [0.15, 0.2) is 16.6 Å². The number of thiocarbonyl (C=S) groups is 1. The Balaban J connectivity index is 1.71. The van der Waals surface area contributed by atoms with Crippen molar-refractivity contribution >= 4 is 34.3 Å². The van der Waals surface area contributed by atoms with Crippen LogP contribution in [-0.2, 0) is 16.0 Å². The number of hydrogen-bond acceptors (Lipinski definition) is 5. The minimum absolute atomic E-state index is 0.0525. The summed E-state index contributed by atoms with van der Waals surface area (Å²) in [6.45, 7) is 2.44. The molecule has 0 aliphatic rings. The monoisotopic (exact) mass is 336 g/mol. The fraction of sp³-hybridized carbons (Fsp3) is 0.400. The van der Waals surface area contributed by atoms with Crippen molar-refractivity contribution in [2.75, 3.05) is 13.7 Å². The van der Waals surface area contributed by atoms with Gasteiger partial charge in [-0.25, -0.2) is 4.98 Å². The zero-order valence-electron chi connectivity index (χ0n) is 13.1. The van der Waals surface area contributed by atoms with Crippen LogP contribution in [0.25, 0.3) is 11.1 Å². The lowest BCUT2D eigenvalue weighted by atomic mass is 10.3. The SMILES string of the molecule is COC[C@@H](C)NC(=S)NNC(=O)CCc1nc2ccccc2o1. The second kappa shape index (κ2) is 8.44. The van der Waals surface area contributed by atoms with Crippen molar-refractivity contribution in [3.63, 3.8) is 0 Å². The van der Waals surface area contributed by atoms with Gasteiger partial charge >= 0.3 is 0 Å². The number of nitrogens with zero attached hydrogens (tertiary/aromatic N) is 1. The first-order chi connectivity index (χ1) is 11.1. The van der Waals surface area contributed by atoms with Gasteiger partial charge in [0.05, 0.1) is 6.61 Å². The van der Waals surface area contributed by atoms with E-state index in [1.807, 2.05) is 31.2 Å². The van der Waals surface area contributed by atoms with Crippen LogP contribution in [0.2, 0.25) is 0 Å². The van der Waals surface area contributed by atoms with E-state index in [0.29, 0.717) is 24.0 Å². The van der Waals surface area contributed by atoms with Crippen molar-refractivity contribution in [3.8, 4) is 0 Å². The van der Waals surface area contributed by atoms with Crippen molar-refractivity contribution < 1.29 is 13.9 Å². The van der Waals surface area contributed by atoms with Gasteiger partial charge in [-0.15, -0.1) is 0 Å². The molecule has 1 atom stereocenters. The molecule has 1 amide bonds. The highest BCUT2D eigenvalue weighted by Crippen LogP contribution is 2.15. The lowest BCUT2D eigenvalue weighted by molar-refractivity contribution is -0.121. The van der Waals surface area contributed by atoms with Crippen LogP contribution in [0.15, 0.2) is 28.7 Å². The molecule has 0 spiro atoms. The molecule has 1 aromatic carbocycles. The van der Waals surface area contributed by atoms with Crippen LogP contribution in [0.4, 0.5) is 0 Å². The summed E-state index contributed by atoms with van der Waals surface area (Å²) >= 11 is 5.06. The Bertz CT molecular complexity index is 641. The van der Waals surface area contributed by atoms with Crippen LogP contribution >= 0.6 is 12.2 Å². The molecule has 0 saturated heterocycles. The molecule has 0 fully saturated rings. The number of aryl methyl sites for hydroxylation is 1. The molecule has 0 aliphatic carbocycles. The number of fused-ring (bicyclic) bond motifs is 1. The quantitative estimate of drug-likeness (QED) is 0.541. The summed E-state index contributed by atoms with van der Waals surface area (Å²) in [5.41, 5.74) is 6.69. The number of hydrazine groups is 1. The van der Waals surface area contributed by atoms with E-state index in [0.717, 1.165) is 11.1 Å². The van der Waals surface area contributed by atoms with Gasteiger partial charge < -0.3 is 14.5 Å². The van der Waals surface area contributed by atoms with Crippen LogP contribution in [0.3, 0.4) is 0 Å². The molecule has 0 radical (unpaired) electrons. The highest BCUT2D eigenvalue weighted by molar-refractivity contribution is 7.80. The van der Waals surface area contributed by atoms with Crippen molar-refractivity contribution in [1.29, 1.82) is 0 Å². The maximum Gasteiger partial charge on any atom is 0.238 e. The first kappa shape index (κ1) is 17.2. The third-order valence-corrected chi connectivity index (χ3v) is 3.23. The molecule has 2 aromatic rings. The van der Waals surface area contributed by atoms with E-state index in [1.165, 1.54) is 0 Å². The number of amides is 1. The third-order valence-electron chi connectivity index (χ3n) is 3.01. The summed E-state index contributed by atoms with van der Waals surface area (Å²) in [5, 5.41) is 3.32. The maximum atomic E-state index is 11.8. The second-order valence-electron chi connectivity index (χ2n) is 5.08. The highest BCUT2D eigenvalue weighted by Gasteiger charge is 2.09. The van der Waals surface area contributed by atoms with Crippen LogP contribution < -0.4 is 16.2 Å². The van der Waals surface area contributed by atoms with Crippen molar-refractivity contribution in [3.05, 3.63) is 30.2 Å². The number of hydrogen-bond donors (Lipinski definition) is 3. The zero-order valence-corrected chi connectivity index (χ0v) is 13.9. The molecule has 3 N–H and O–H groups in total. The second-order valence-corrected chi connectivity index (χ2v) is 5.49. The molecule has 124 valence electrons. The normalized spacial score (nSPS) is 11.9. The molecule has 7 nitrogen and oxygen atoms in total. The number of carbonyl (C=O) groups excluding carboxylic acids is 1. The van der Waals surface area contributed by atoms with E-state index in [2.05, 4.69) is 21.2 Å². The van der Waals surface area contributed by atoms with Gasteiger partial charge in [0.25, 0.3) is 0 Å². The minimum Gasteiger partial charge on any atom is -0.441 e. The largest absolute Gasteiger partial charge is 0.441 e. The minimum atomic E-state index is -0.198. The van der Waals surface area contributed by atoms with Gasteiger partial charge in [-0.2, -0.15) is 0 Å². The van der Waals surface area contributed by atoms with Gasteiger partial charge in [0, 0.05) is 26.0 Å². The predicted molar refractivity (Wildman–Crippen MR) is 90.7 cm³/mol. The molecule has 23 heavy (non-hydrogen) atoms. The number of para-hydroxylation sites is 2. The van der Waals surface area contributed by atoms with Crippen molar-refractivity contribution in [1.82, 2.24) is 21.2 Å². The Morgan fingerprint density at radius 1 is 1.39 bits per heavy atom. The Kier molecular flexibility index (Phi) is 6.30. The molecule has 1 heterocycles. The molecular formula is C15H20N4O3S. The molecule has 1 aromatic heterocycles. The smallest absolute Gasteiger partial charge is 0.238 e. The first-order valence-corrected chi connectivity index (χ1v) is 7.68. The Hall–Kier alpha value is -2.19. The van der Waals surface area contributed by atoms with Crippen LogP contribution in [-0.4, -0.2) is 35.8 Å². The topological polar surface area (TPSA) is 88.4 Å². The van der Waals surface area contributed by atoms with Crippen molar-refractivity contribution in [2.45, 2.75) is 25.8 Å². The number of rotatable bonds is 6. The van der Waals surface area contributed by atoms with Gasteiger partial charge in [-0.1, -0.05) is 12.1 Å². The number of benzene rings is 1. The lowest BCUT2D eigenvalue weighted by Gasteiger charge is -2.16. The average Bonchev–Trinajstić information content (AvgIpc) is 2.94.